The van der Waals surface area contributed by atoms with Crippen LogP contribution in [0.25, 0.3) is 0 Å². The Kier molecular flexibility index (Phi) is 4.95. The first-order valence-corrected chi connectivity index (χ1v) is 10.2. The molecule has 3 heteroatoms. The van der Waals surface area contributed by atoms with Gasteiger partial charge in [-0.15, -0.1) is 12.1 Å². The van der Waals surface area contributed by atoms with Gasteiger partial charge in [0.1, 0.15) is 13.5 Å². The van der Waals surface area contributed by atoms with E-state index in [1.54, 1.807) is 6.08 Å². The van der Waals surface area contributed by atoms with Gasteiger partial charge in [0.15, 0.2) is 5.78 Å². The van der Waals surface area contributed by atoms with Gasteiger partial charge < -0.3 is 5.11 Å². The number of rotatable bonds is 3. The molecular weight excluding hydrogens is 240 g/mol. The first kappa shape index (κ1) is 15.2. The van der Waals surface area contributed by atoms with Crippen molar-refractivity contribution >= 4 is 13.9 Å². The molecule has 0 heterocycles. The summed E-state index contributed by atoms with van der Waals surface area (Å²) in [6, 6.07) is 0. The molecule has 0 aliphatic heterocycles. The smallest absolute Gasteiger partial charge is 0.153 e. The summed E-state index contributed by atoms with van der Waals surface area (Å²) >= 11 is 0. The molecule has 2 nitrogen and oxygen atoms in total. The van der Waals surface area contributed by atoms with Crippen molar-refractivity contribution in [3.8, 4) is 11.5 Å². The molecule has 0 saturated heterocycles. The number of hydrogen-bond donors (Lipinski definition) is 1. The normalized spacial score (nSPS) is 28.4. The van der Waals surface area contributed by atoms with Gasteiger partial charge in [0, 0.05) is 6.42 Å². The molecule has 0 radical (unpaired) electrons. The van der Waals surface area contributed by atoms with E-state index in [0.29, 0.717) is 19.3 Å². The molecule has 0 unspecified atom stereocenters. The van der Waals surface area contributed by atoms with Crippen LogP contribution in [0.2, 0.25) is 19.6 Å². The summed E-state index contributed by atoms with van der Waals surface area (Å²) < 4.78 is 0. The van der Waals surface area contributed by atoms with Crippen LogP contribution < -0.4 is 0 Å². The lowest BCUT2D eigenvalue weighted by Gasteiger charge is -2.36. The van der Waals surface area contributed by atoms with Crippen LogP contribution in [0.4, 0.5) is 0 Å². The van der Waals surface area contributed by atoms with Gasteiger partial charge in [-0.25, -0.2) is 0 Å². The zero-order valence-electron chi connectivity index (χ0n) is 11.8. The van der Waals surface area contributed by atoms with Gasteiger partial charge in [0.05, 0.1) is 6.10 Å². The van der Waals surface area contributed by atoms with Crippen LogP contribution in [0.5, 0.6) is 0 Å². The highest BCUT2D eigenvalue weighted by Crippen LogP contribution is 2.37. The minimum absolute atomic E-state index is 0.119. The van der Waals surface area contributed by atoms with Gasteiger partial charge in [-0.05, 0) is 25.7 Å². The van der Waals surface area contributed by atoms with Crippen LogP contribution in [0, 0.1) is 16.9 Å². The van der Waals surface area contributed by atoms with Crippen LogP contribution in [-0.4, -0.2) is 25.1 Å². The number of allylic oxidation sites excluding steroid dienone is 1. The van der Waals surface area contributed by atoms with E-state index < -0.39 is 19.6 Å². The van der Waals surface area contributed by atoms with E-state index >= 15 is 0 Å². The Balaban J connectivity index is 3.09. The predicted octanol–water partition coefficient (Wildman–Crippen LogP) is 2.93. The Morgan fingerprint density at radius 3 is 2.72 bits per heavy atom. The monoisotopic (exact) mass is 264 g/mol. The zero-order chi connectivity index (χ0) is 13.8. The molecule has 0 aromatic heterocycles. The Morgan fingerprint density at radius 2 is 2.22 bits per heavy atom. The largest absolute Gasteiger partial charge is 0.391 e. The molecule has 1 N–H and O–H groups in total. The first-order valence-electron chi connectivity index (χ1n) is 6.68. The zero-order valence-corrected chi connectivity index (χ0v) is 12.8. The number of aliphatic hydroxyl groups excluding tert-OH is 1. The lowest BCUT2D eigenvalue weighted by Crippen LogP contribution is -2.45. The van der Waals surface area contributed by atoms with Gasteiger partial charge in [0.2, 0.25) is 0 Å². The number of ketones is 1. The van der Waals surface area contributed by atoms with E-state index in [4.69, 9.17) is 0 Å². The van der Waals surface area contributed by atoms with Gasteiger partial charge in [-0.1, -0.05) is 31.6 Å². The maximum atomic E-state index is 12.3. The van der Waals surface area contributed by atoms with Crippen LogP contribution in [0.1, 0.15) is 32.1 Å². The predicted molar refractivity (Wildman–Crippen MR) is 77.9 cm³/mol. The number of carbonyl (C=O) groups excluding carboxylic acids is 1. The summed E-state index contributed by atoms with van der Waals surface area (Å²) in [5.74, 6) is 3.29. The number of carbonyl (C=O) groups is 1. The van der Waals surface area contributed by atoms with Crippen molar-refractivity contribution in [2.45, 2.75) is 57.8 Å². The Bertz CT molecular complexity index is 384. The average Bonchev–Trinajstić information content (AvgIpc) is 2.27. The molecule has 1 saturated carbocycles. The van der Waals surface area contributed by atoms with Crippen molar-refractivity contribution in [2.75, 3.05) is 0 Å². The van der Waals surface area contributed by atoms with Gasteiger partial charge in [-0.2, -0.15) is 0 Å². The fourth-order valence-electron chi connectivity index (χ4n) is 2.26. The minimum atomic E-state index is -1.54. The van der Waals surface area contributed by atoms with Crippen molar-refractivity contribution in [1.82, 2.24) is 0 Å². The molecule has 100 valence electrons. The molecule has 0 aromatic rings. The second-order valence-electron chi connectivity index (χ2n) is 6.13. The Labute approximate surface area is 111 Å². The third-order valence-corrected chi connectivity index (χ3v) is 4.23. The van der Waals surface area contributed by atoms with Crippen LogP contribution >= 0.6 is 0 Å². The number of aliphatic hydroxyl groups is 1. The molecule has 18 heavy (non-hydrogen) atoms. The molecule has 0 amide bonds. The first-order chi connectivity index (χ1) is 8.32. The van der Waals surface area contributed by atoms with Gasteiger partial charge in [-0.3, -0.25) is 4.79 Å². The summed E-state index contributed by atoms with van der Waals surface area (Å²) in [6.07, 6.45) is 4.54. The van der Waals surface area contributed by atoms with Crippen LogP contribution in [-0.2, 0) is 4.79 Å². The molecule has 1 aliphatic carbocycles. The summed E-state index contributed by atoms with van der Waals surface area (Å²) in [4.78, 5) is 12.3. The van der Waals surface area contributed by atoms with E-state index in [0.717, 1.165) is 12.8 Å². The summed E-state index contributed by atoms with van der Waals surface area (Å²) in [7, 11) is -1.54. The van der Waals surface area contributed by atoms with Crippen LogP contribution in [0.3, 0.4) is 0 Å². The van der Waals surface area contributed by atoms with E-state index in [1.807, 2.05) is 0 Å². The van der Waals surface area contributed by atoms with E-state index in [9.17, 15) is 9.90 Å². The van der Waals surface area contributed by atoms with Crippen molar-refractivity contribution in [1.29, 1.82) is 0 Å². The Morgan fingerprint density at radius 1 is 1.56 bits per heavy atom. The molecule has 0 aromatic carbocycles. The van der Waals surface area contributed by atoms with Gasteiger partial charge in [0.25, 0.3) is 0 Å². The molecule has 1 rings (SSSR count). The minimum Gasteiger partial charge on any atom is -0.391 e. The van der Waals surface area contributed by atoms with Crippen molar-refractivity contribution < 1.29 is 9.90 Å². The van der Waals surface area contributed by atoms with E-state index in [-0.39, 0.29) is 5.78 Å². The third-order valence-electron chi connectivity index (χ3n) is 3.35. The lowest BCUT2D eigenvalue weighted by molar-refractivity contribution is -0.135. The second-order valence-corrected chi connectivity index (χ2v) is 10.9. The molecule has 0 spiro atoms. The summed E-state index contributed by atoms with van der Waals surface area (Å²) in [5, 5.41) is 10.3. The topological polar surface area (TPSA) is 37.3 Å². The maximum Gasteiger partial charge on any atom is 0.153 e. The average molecular weight is 264 g/mol. The third kappa shape index (κ3) is 3.57. The highest BCUT2D eigenvalue weighted by molar-refractivity contribution is 6.83. The molecule has 1 fully saturated rings. The fraction of sp³-hybridized carbons (Fsp3) is 0.667. The molecule has 0 bridgehead atoms. The second kappa shape index (κ2) is 5.86. The Hall–Kier alpha value is -0.853. The van der Waals surface area contributed by atoms with Crippen LogP contribution in [0.15, 0.2) is 12.7 Å². The van der Waals surface area contributed by atoms with Gasteiger partial charge >= 0.3 is 0 Å². The fourth-order valence-corrected chi connectivity index (χ4v) is 2.86. The van der Waals surface area contributed by atoms with E-state index in [2.05, 4.69) is 37.7 Å². The highest BCUT2D eigenvalue weighted by atomic mass is 28.3. The SMILES string of the molecule is C=CCC[C@@]1(C#C[Si](C)(C)C)C(=O)CCC[C@@H]1O. The van der Waals surface area contributed by atoms with Crippen molar-refractivity contribution in [3.63, 3.8) is 0 Å². The van der Waals surface area contributed by atoms with Crippen molar-refractivity contribution in [2.24, 2.45) is 5.41 Å². The molecular formula is C15H24O2Si. The number of Topliss-reactive ketones (excluding diaryl/α,β-unsaturated/α-hetero) is 1. The maximum absolute atomic E-state index is 12.3. The summed E-state index contributed by atoms with van der Waals surface area (Å²) in [5.41, 5.74) is 2.45. The van der Waals surface area contributed by atoms with Crippen molar-refractivity contribution in [3.05, 3.63) is 12.7 Å². The number of hydrogen-bond acceptors (Lipinski definition) is 2. The lowest BCUT2D eigenvalue weighted by atomic mass is 9.68. The van der Waals surface area contributed by atoms with E-state index in [1.165, 1.54) is 0 Å². The molecule has 1 aliphatic rings. The quantitative estimate of drug-likeness (QED) is 0.483. The highest BCUT2D eigenvalue weighted by Gasteiger charge is 2.44. The molecule has 2 atom stereocenters. The standard InChI is InChI=1S/C15H24O2Si/c1-5-6-10-15(11-12-18(2,3)4)13(16)8-7-9-14(15)17/h5,13,16H,1,6-10H2,2-4H3/t13-,15-/m0/s1. The summed E-state index contributed by atoms with van der Waals surface area (Å²) in [6.45, 7) is 10.2.